The second-order valence-corrected chi connectivity index (χ2v) is 6.21. The van der Waals surface area contributed by atoms with E-state index in [1.54, 1.807) is 31.4 Å². The zero-order valence-corrected chi connectivity index (χ0v) is 12.0. The van der Waals surface area contributed by atoms with E-state index in [0.29, 0.717) is 22.3 Å². The summed E-state index contributed by atoms with van der Waals surface area (Å²) in [5, 5.41) is 4.53. The summed E-state index contributed by atoms with van der Waals surface area (Å²) in [5.74, 6) is 0. The quantitative estimate of drug-likeness (QED) is 0.711. The van der Waals surface area contributed by atoms with Crippen molar-refractivity contribution in [3.63, 3.8) is 0 Å². The molecular formula is C13H13N5O2S. The number of nitrogens with one attached hydrogen (secondary N) is 1. The molecular weight excluding hydrogens is 290 g/mol. The fourth-order valence-corrected chi connectivity index (χ4v) is 3.26. The van der Waals surface area contributed by atoms with Gasteiger partial charge in [-0.1, -0.05) is 0 Å². The van der Waals surface area contributed by atoms with Gasteiger partial charge in [0.05, 0.1) is 17.4 Å². The van der Waals surface area contributed by atoms with Crippen molar-refractivity contribution in [3.8, 4) is 0 Å². The fraction of sp³-hybridized carbons (Fsp3) is 0.0769. The molecule has 0 aliphatic heterocycles. The Morgan fingerprint density at radius 3 is 2.81 bits per heavy atom. The first-order valence-corrected chi connectivity index (χ1v) is 7.60. The number of aryl methyl sites for hydroxylation is 1. The largest absolute Gasteiger partial charge is 0.398 e. The summed E-state index contributed by atoms with van der Waals surface area (Å²) >= 11 is 0. The minimum atomic E-state index is -3.76. The molecule has 3 aromatic rings. The second kappa shape index (κ2) is 4.74. The third-order valence-corrected chi connectivity index (χ3v) is 4.43. The molecule has 3 N–H and O–H groups in total. The molecule has 8 heteroatoms. The highest BCUT2D eigenvalue weighted by molar-refractivity contribution is 7.93. The van der Waals surface area contributed by atoms with Gasteiger partial charge in [0.1, 0.15) is 4.90 Å². The molecule has 0 unspecified atom stereocenters. The topological polar surface area (TPSA) is 103 Å². The summed E-state index contributed by atoms with van der Waals surface area (Å²) in [6.45, 7) is 0. The maximum absolute atomic E-state index is 12.5. The van der Waals surface area contributed by atoms with Crippen molar-refractivity contribution in [2.75, 3.05) is 10.5 Å². The lowest BCUT2D eigenvalue weighted by Crippen LogP contribution is -2.13. The van der Waals surface area contributed by atoms with Gasteiger partial charge in [-0.25, -0.2) is 8.42 Å². The van der Waals surface area contributed by atoms with Crippen molar-refractivity contribution in [2.45, 2.75) is 4.90 Å². The molecule has 21 heavy (non-hydrogen) atoms. The average molecular weight is 303 g/mol. The minimum absolute atomic E-state index is 0.0798. The van der Waals surface area contributed by atoms with Gasteiger partial charge in [0.2, 0.25) is 0 Å². The van der Waals surface area contributed by atoms with Crippen molar-refractivity contribution in [1.82, 2.24) is 14.8 Å². The number of hydrogen-bond donors (Lipinski definition) is 2. The lowest BCUT2D eigenvalue weighted by atomic mass is 10.2. The van der Waals surface area contributed by atoms with Crippen LogP contribution in [-0.2, 0) is 17.1 Å². The molecule has 0 aliphatic rings. The molecule has 0 radical (unpaired) electrons. The number of hydrogen-bond acceptors (Lipinski definition) is 5. The predicted octanol–water partition coefficient (Wildman–Crippen LogP) is 1.35. The molecule has 1 aromatic carbocycles. The Hall–Kier alpha value is -2.61. The van der Waals surface area contributed by atoms with Crippen LogP contribution in [0.2, 0.25) is 0 Å². The SMILES string of the molecule is Cn1cc(NS(=O)(=O)c2ccc(N)c3cccnc23)cn1. The predicted molar refractivity (Wildman–Crippen MR) is 80.2 cm³/mol. The van der Waals surface area contributed by atoms with Gasteiger partial charge in [-0.3, -0.25) is 14.4 Å². The number of nitrogens with two attached hydrogens (primary N) is 1. The van der Waals surface area contributed by atoms with E-state index in [2.05, 4.69) is 14.8 Å². The van der Waals surface area contributed by atoms with E-state index >= 15 is 0 Å². The highest BCUT2D eigenvalue weighted by atomic mass is 32.2. The monoisotopic (exact) mass is 303 g/mol. The lowest BCUT2D eigenvalue weighted by Gasteiger charge is -2.09. The Bertz CT molecular complexity index is 917. The van der Waals surface area contributed by atoms with Crippen LogP contribution in [-0.4, -0.2) is 23.2 Å². The van der Waals surface area contributed by atoms with Crippen LogP contribution in [0.1, 0.15) is 0 Å². The van der Waals surface area contributed by atoms with Crippen LogP contribution in [0.25, 0.3) is 10.9 Å². The molecule has 108 valence electrons. The van der Waals surface area contributed by atoms with Gasteiger partial charge in [0.15, 0.2) is 0 Å². The molecule has 0 saturated carbocycles. The zero-order chi connectivity index (χ0) is 15.0. The molecule has 2 aromatic heterocycles. The van der Waals surface area contributed by atoms with E-state index < -0.39 is 10.0 Å². The van der Waals surface area contributed by atoms with Gasteiger partial charge in [0.25, 0.3) is 10.0 Å². The van der Waals surface area contributed by atoms with E-state index in [-0.39, 0.29) is 4.90 Å². The van der Waals surface area contributed by atoms with Crippen LogP contribution < -0.4 is 10.5 Å². The summed E-state index contributed by atoms with van der Waals surface area (Å²) < 4.78 is 29.0. The summed E-state index contributed by atoms with van der Waals surface area (Å²) in [4.78, 5) is 4.21. The smallest absolute Gasteiger partial charge is 0.264 e. The number of rotatable bonds is 3. The van der Waals surface area contributed by atoms with Gasteiger partial charge in [-0.2, -0.15) is 5.10 Å². The van der Waals surface area contributed by atoms with E-state index in [4.69, 9.17) is 5.73 Å². The van der Waals surface area contributed by atoms with Crippen LogP contribution in [0.3, 0.4) is 0 Å². The van der Waals surface area contributed by atoms with E-state index in [9.17, 15) is 8.42 Å². The number of fused-ring (bicyclic) bond motifs is 1. The Balaban J connectivity index is 2.13. The number of nitrogens with zero attached hydrogens (tertiary/aromatic N) is 3. The molecule has 0 spiro atoms. The van der Waals surface area contributed by atoms with Gasteiger partial charge >= 0.3 is 0 Å². The summed E-state index contributed by atoms with van der Waals surface area (Å²) in [7, 11) is -2.06. The number of aromatic nitrogens is 3. The molecule has 0 fully saturated rings. The molecule has 0 aliphatic carbocycles. The van der Waals surface area contributed by atoms with Crippen LogP contribution in [0.5, 0.6) is 0 Å². The van der Waals surface area contributed by atoms with E-state index in [1.165, 1.54) is 23.1 Å². The fourth-order valence-electron chi connectivity index (χ4n) is 2.07. The van der Waals surface area contributed by atoms with Gasteiger partial charge in [-0.15, -0.1) is 0 Å². The Morgan fingerprint density at radius 1 is 1.29 bits per heavy atom. The first-order valence-electron chi connectivity index (χ1n) is 6.12. The number of nitrogen functional groups attached to an aromatic ring is 1. The van der Waals surface area contributed by atoms with Gasteiger partial charge < -0.3 is 5.73 Å². The molecule has 2 heterocycles. The molecule has 0 bridgehead atoms. The third-order valence-electron chi connectivity index (χ3n) is 3.01. The Kier molecular flexibility index (Phi) is 3.02. The zero-order valence-electron chi connectivity index (χ0n) is 11.2. The normalized spacial score (nSPS) is 11.7. The maximum Gasteiger partial charge on any atom is 0.264 e. The van der Waals surface area contributed by atoms with Gasteiger partial charge in [-0.05, 0) is 24.3 Å². The molecule has 0 atom stereocenters. The van der Waals surface area contributed by atoms with E-state index in [0.717, 1.165) is 0 Å². The van der Waals surface area contributed by atoms with Crippen LogP contribution in [0.15, 0.2) is 47.8 Å². The highest BCUT2D eigenvalue weighted by Crippen LogP contribution is 2.27. The van der Waals surface area contributed by atoms with Crippen LogP contribution in [0, 0.1) is 0 Å². The minimum Gasteiger partial charge on any atom is -0.398 e. The van der Waals surface area contributed by atoms with Gasteiger partial charge in [0, 0.05) is 30.5 Å². The van der Waals surface area contributed by atoms with Crippen molar-refractivity contribution in [1.29, 1.82) is 0 Å². The number of benzene rings is 1. The molecule has 0 saturated heterocycles. The maximum atomic E-state index is 12.5. The number of pyridine rings is 1. The lowest BCUT2D eigenvalue weighted by molar-refractivity contribution is 0.602. The number of sulfonamides is 1. The second-order valence-electron chi connectivity index (χ2n) is 4.56. The Labute approximate surface area is 121 Å². The summed E-state index contributed by atoms with van der Waals surface area (Å²) in [5.41, 5.74) is 7.07. The molecule has 7 nitrogen and oxygen atoms in total. The molecule has 0 amide bonds. The third kappa shape index (κ3) is 2.40. The van der Waals surface area contributed by atoms with Crippen molar-refractivity contribution in [2.24, 2.45) is 7.05 Å². The average Bonchev–Trinajstić information content (AvgIpc) is 2.83. The highest BCUT2D eigenvalue weighted by Gasteiger charge is 2.19. The Morgan fingerprint density at radius 2 is 2.10 bits per heavy atom. The van der Waals surface area contributed by atoms with Crippen molar-refractivity contribution in [3.05, 3.63) is 42.9 Å². The number of anilines is 2. The van der Waals surface area contributed by atoms with Crippen LogP contribution >= 0.6 is 0 Å². The first-order chi connectivity index (χ1) is 9.97. The molecule has 3 rings (SSSR count). The van der Waals surface area contributed by atoms with Crippen molar-refractivity contribution >= 4 is 32.3 Å². The first kappa shape index (κ1) is 13.4. The summed E-state index contributed by atoms with van der Waals surface area (Å²) in [6, 6.07) is 6.45. The summed E-state index contributed by atoms with van der Waals surface area (Å²) in [6.07, 6.45) is 4.54. The standard InChI is InChI=1S/C13H13N5O2S/c1-18-8-9(7-16-18)17-21(19,20)12-5-4-11(14)10-3-2-6-15-13(10)12/h2-8,17H,14H2,1H3. The van der Waals surface area contributed by atoms with Crippen LogP contribution in [0.4, 0.5) is 11.4 Å². The van der Waals surface area contributed by atoms with Crippen molar-refractivity contribution < 1.29 is 8.42 Å². The van der Waals surface area contributed by atoms with E-state index in [1.807, 2.05) is 0 Å².